The topological polar surface area (TPSA) is 68.3 Å². The number of ether oxygens (including phenoxy) is 1. The molecule has 0 bridgehead atoms. The van der Waals surface area contributed by atoms with Gasteiger partial charge >= 0.3 is 5.97 Å². The molecule has 0 aliphatic carbocycles. The third-order valence-electron chi connectivity index (χ3n) is 2.51. The van der Waals surface area contributed by atoms with Crippen LogP contribution < -0.4 is 5.32 Å². The molecule has 2 aromatic rings. The molecule has 1 aromatic heterocycles. The third kappa shape index (κ3) is 5.61. The molecule has 5 nitrogen and oxygen atoms in total. The predicted octanol–water partition coefficient (Wildman–Crippen LogP) is 3.56. The van der Waals surface area contributed by atoms with Gasteiger partial charge in [-0.25, -0.2) is 9.78 Å². The Balaban J connectivity index is 1.83. The number of anilines is 1. The maximum absolute atomic E-state index is 12.2. The van der Waals surface area contributed by atoms with Gasteiger partial charge in [0.15, 0.2) is 11.7 Å². The number of aryl methyl sites for hydroxylation is 1. The first-order valence-corrected chi connectivity index (χ1v) is 8.14. The lowest BCUT2D eigenvalue weighted by atomic mass is 10.2. The summed E-state index contributed by atoms with van der Waals surface area (Å²) in [5.41, 5.74) is 0.963. The van der Waals surface area contributed by atoms with E-state index in [0.29, 0.717) is 21.8 Å². The maximum atomic E-state index is 12.2. The maximum Gasteiger partial charge on any atom is 0.338 e. The normalized spacial score (nSPS) is 10.6. The van der Waals surface area contributed by atoms with Gasteiger partial charge in [0, 0.05) is 10.3 Å². The van der Waals surface area contributed by atoms with E-state index >= 15 is 0 Å². The highest BCUT2D eigenvalue weighted by molar-refractivity contribution is 7.99. The number of nitrogens with zero attached hydrogens (tertiary/aromatic N) is 1. The van der Waals surface area contributed by atoms with E-state index in [1.807, 2.05) is 0 Å². The summed E-state index contributed by atoms with van der Waals surface area (Å²) >= 11 is 1.65. The number of hydrogen-bond acceptors (Lipinski definition) is 6. The highest BCUT2D eigenvalue weighted by Gasteiger charge is 2.12. The average molecular weight is 358 g/mol. The lowest BCUT2D eigenvalue weighted by Gasteiger charge is -2.05. The van der Waals surface area contributed by atoms with Crippen LogP contribution in [0.1, 0.15) is 16.1 Å². The second-order valence-electron chi connectivity index (χ2n) is 4.32. The number of rotatable bonds is 6. The molecule has 23 heavy (non-hydrogen) atoms. The van der Waals surface area contributed by atoms with Gasteiger partial charge in [0.05, 0.1) is 11.3 Å². The minimum absolute atomic E-state index is 0.182. The number of esters is 1. The van der Waals surface area contributed by atoms with Crippen LogP contribution in [0.3, 0.4) is 0 Å². The van der Waals surface area contributed by atoms with Gasteiger partial charge in [0.2, 0.25) is 0 Å². The summed E-state index contributed by atoms with van der Waals surface area (Å²) in [5.74, 6) is -3.73. The van der Waals surface area contributed by atoms with Crippen LogP contribution in [0.4, 0.5) is 13.9 Å². The van der Waals surface area contributed by atoms with Crippen molar-refractivity contribution in [2.45, 2.75) is 17.6 Å². The van der Waals surface area contributed by atoms with E-state index in [1.54, 1.807) is 12.3 Å². The van der Waals surface area contributed by atoms with E-state index in [0.717, 1.165) is 5.69 Å². The van der Waals surface area contributed by atoms with Crippen LogP contribution in [0.5, 0.6) is 0 Å². The lowest BCUT2D eigenvalue weighted by Crippen LogP contribution is -2.20. The Morgan fingerprint density at radius 3 is 2.61 bits per heavy atom. The molecule has 1 N–H and O–H groups in total. The number of amides is 1. The van der Waals surface area contributed by atoms with Gasteiger partial charge in [-0.1, -0.05) is 11.8 Å². The highest BCUT2D eigenvalue weighted by atomic mass is 32.2. The molecule has 1 aromatic carbocycles. The summed E-state index contributed by atoms with van der Waals surface area (Å²) in [6, 6.07) is 5.53. The van der Waals surface area contributed by atoms with Crippen molar-refractivity contribution >= 4 is 40.1 Å². The molecular formula is C14H12F2N2O3S2. The lowest BCUT2D eigenvalue weighted by molar-refractivity contribution is -0.119. The first-order chi connectivity index (χ1) is 10.9. The monoisotopic (exact) mass is 358 g/mol. The minimum Gasteiger partial charge on any atom is -0.452 e. The van der Waals surface area contributed by atoms with Gasteiger partial charge < -0.3 is 4.74 Å². The fourth-order valence-corrected chi connectivity index (χ4v) is 2.76. The van der Waals surface area contributed by atoms with Crippen LogP contribution in [-0.4, -0.2) is 29.2 Å². The molecule has 1 heterocycles. The van der Waals surface area contributed by atoms with E-state index in [-0.39, 0.29) is 5.56 Å². The summed E-state index contributed by atoms with van der Waals surface area (Å²) in [6.45, 7) is 1.34. The minimum atomic E-state index is -2.52. The molecule has 0 fully saturated rings. The van der Waals surface area contributed by atoms with E-state index in [1.165, 1.54) is 35.6 Å². The molecule has 0 aliphatic heterocycles. The highest BCUT2D eigenvalue weighted by Crippen LogP contribution is 2.25. The fourth-order valence-electron chi connectivity index (χ4n) is 1.55. The molecule has 0 spiro atoms. The molecule has 9 heteroatoms. The number of nitrogens with one attached hydrogen (secondary N) is 1. The Morgan fingerprint density at radius 2 is 2.04 bits per heavy atom. The molecule has 0 atom stereocenters. The average Bonchev–Trinajstić information content (AvgIpc) is 2.90. The number of hydrogen-bond donors (Lipinski definition) is 1. The molecule has 0 saturated heterocycles. The predicted molar refractivity (Wildman–Crippen MR) is 84.1 cm³/mol. The van der Waals surface area contributed by atoms with Crippen LogP contribution in [0, 0.1) is 6.92 Å². The Morgan fingerprint density at radius 1 is 1.35 bits per heavy atom. The van der Waals surface area contributed by atoms with Crippen molar-refractivity contribution in [2.75, 3.05) is 11.9 Å². The summed E-state index contributed by atoms with van der Waals surface area (Å²) < 4.78 is 29.2. The first-order valence-electron chi connectivity index (χ1n) is 6.38. The van der Waals surface area contributed by atoms with Crippen molar-refractivity contribution in [1.82, 2.24) is 4.98 Å². The fraction of sp³-hybridized carbons (Fsp3) is 0.214. The number of benzene rings is 1. The van der Waals surface area contributed by atoms with E-state index < -0.39 is 24.2 Å². The van der Waals surface area contributed by atoms with Crippen LogP contribution in [0.25, 0.3) is 0 Å². The number of carbonyl (C=O) groups excluding carboxylic acids is 2. The van der Waals surface area contributed by atoms with Crippen molar-refractivity contribution in [3.63, 3.8) is 0 Å². The molecule has 122 valence electrons. The van der Waals surface area contributed by atoms with E-state index in [2.05, 4.69) is 10.3 Å². The summed E-state index contributed by atoms with van der Waals surface area (Å²) in [5, 5.41) is 4.71. The van der Waals surface area contributed by atoms with E-state index in [9.17, 15) is 18.4 Å². The van der Waals surface area contributed by atoms with Gasteiger partial charge in [-0.05, 0) is 31.2 Å². The van der Waals surface area contributed by atoms with Crippen LogP contribution in [0.2, 0.25) is 0 Å². The van der Waals surface area contributed by atoms with Gasteiger partial charge in [-0.2, -0.15) is 8.78 Å². The number of halogens is 2. The smallest absolute Gasteiger partial charge is 0.338 e. The Hall–Kier alpha value is -2.00. The molecule has 2 rings (SSSR count). The van der Waals surface area contributed by atoms with Gasteiger partial charge in [-0.3, -0.25) is 10.1 Å². The van der Waals surface area contributed by atoms with Gasteiger partial charge in [0.1, 0.15) is 0 Å². The SMILES string of the molecule is Cc1csc(NC(=O)COC(=O)c2ccc(SC(F)F)cc2)n1. The summed E-state index contributed by atoms with van der Waals surface area (Å²) in [7, 11) is 0. The van der Waals surface area contributed by atoms with Crippen LogP contribution >= 0.6 is 23.1 Å². The van der Waals surface area contributed by atoms with Gasteiger partial charge in [-0.15, -0.1) is 11.3 Å². The zero-order valence-electron chi connectivity index (χ0n) is 11.9. The van der Waals surface area contributed by atoms with Crippen molar-refractivity contribution in [1.29, 1.82) is 0 Å². The summed E-state index contributed by atoms with van der Waals surface area (Å²) in [4.78, 5) is 27.8. The number of carbonyl (C=O) groups is 2. The van der Waals surface area contributed by atoms with Gasteiger partial charge in [0.25, 0.3) is 11.7 Å². The first kappa shape index (κ1) is 17.4. The number of thioether (sulfide) groups is 1. The van der Waals surface area contributed by atoms with E-state index in [4.69, 9.17) is 4.74 Å². The van der Waals surface area contributed by atoms with Crippen molar-refractivity contribution in [3.05, 3.63) is 40.9 Å². The zero-order chi connectivity index (χ0) is 16.8. The zero-order valence-corrected chi connectivity index (χ0v) is 13.5. The quantitative estimate of drug-likeness (QED) is 0.632. The summed E-state index contributed by atoms with van der Waals surface area (Å²) in [6.07, 6.45) is 0. The van der Waals surface area contributed by atoms with Crippen LogP contribution in [0.15, 0.2) is 34.5 Å². The number of aromatic nitrogens is 1. The van der Waals surface area contributed by atoms with Crippen molar-refractivity contribution < 1.29 is 23.1 Å². The Kier molecular flexibility index (Phi) is 6.05. The van der Waals surface area contributed by atoms with Crippen LogP contribution in [-0.2, 0) is 9.53 Å². The Labute approximate surface area is 139 Å². The molecule has 0 radical (unpaired) electrons. The van der Waals surface area contributed by atoms with Crippen molar-refractivity contribution in [2.24, 2.45) is 0 Å². The molecule has 1 amide bonds. The molecule has 0 saturated carbocycles. The third-order valence-corrected chi connectivity index (χ3v) is 4.11. The Bertz CT molecular complexity index is 690. The number of thiazole rings is 1. The van der Waals surface area contributed by atoms with Crippen molar-refractivity contribution in [3.8, 4) is 0 Å². The standard InChI is InChI=1S/C14H12F2N2O3S2/c1-8-7-22-14(17-8)18-11(19)6-21-12(20)9-2-4-10(5-3-9)23-13(15)16/h2-5,7,13H,6H2,1H3,(H,17,18,19). The molecule has 0 unspecified atom stereocenters. The second kappa shape index (κ2) is 8.02. The molecule has 0 aliphatic rings. The number of alkyl halides is 2. The molecular weight excluding hydrogens is 346 g/mol. The largest absolute Gasteiger partial charge is 0.452 e. The second-order valence-corrected chi connectivity index (χ2v) is 6.24.